The molecule has 42 valence electrons. The van der Waals surface area contributed by atoms with Gasteiger partial charge in [0.1, 0.15) is 4.93 Å². The zero-order valence-corrected chi connectivity index (χ0v) is 5.55. The molecule has 0 radical (unpaired) electrons. The molecular weight excluding hydrogens is 108 g/mol. The van der Waals surface area contributed by atoms with Crippen molar-refractivity contribution in [2.45, 2.75) is 18.8 Å². The molecule has 0 unspecified atom stereocenters. The van der Waals surface area contributed by atoms with E-state index in [2.05, 4.69) is 13.8 Å². The van der Waals surface area contributed by atoms with Crippen LogP contribution in [0.3, 0.4) is 0 Å². The lowest BCUT2D eigenvalue weighted by atomic mass is 10.5. The summed E-state index contributed by atoms with van der Waals surface area (Å²) in [6, 6.07) is 0. The Morgan fingerprint density at radius 1 is 1.57 bits per heavy atom. The number of rotatable bonds is 0. The van der Waals surface area contributed by atoms with Gasteiger partial charge in [-0.15, -0.1) is 11.8 Å². The second-order valence-electron chi connectivity index (χ2n) is 2.10. The fourth-order valence-corrected chi connectivity index (χ4v) is 1.44. The van der Waals surface area contributed by atoms with Gasteiger partial charge in [0, 0.05) is 5.75 Å². The van der Waals surface area contributed by atoms with E-state index < -0.39 is 0 Å². The highest BCUT2D eigenvalue weighted by Crippen LogP contribution is 2.30. The van der Waals surface area contributed by atoms with Crippen LogP contribution in [0.4, 0.5) is 0 Å². The first-order chi connectivity index (χ1) is 3.21. The maximum Gasteiger partial charge on any atom is 0.108 e. The van der Waals surface area contributed by atoms with Crippen LogP contribution < -0.4 is 0 Å². The summed E-state index contributed by atoms with van der Waals surface area (Å²) in [7, 11) is 0. The average Bonchev–Trinajstić information content (AvgIpc) is 1.84. The summed E-state index contributed by atoms with van der Waals surface area (Å²) in [6.07, 6.45) is 0. The maximum atomic E-state index is 5.30. The fraction of sp³-hybridized carbons (Fsp3) is 1.00. The summed E-state index contributed by atoms with van der Waals surface area (Å²) in [5, 5.41) is 0. The summed E-state index contributed by atoms with van der Waals surface area (Å²) >= 11 is 1.88. The van der Waals surface area contributed by atoms with Crippen LogP contribution in [0.15, 0.2) is 0 Å². The monoisotopic (exact) mass is 118 g/mol. The standard InChI is InChI=1S/C5H10OS/c1-5(2)6-3-4-7-5/h3-4H2,1-2H3. The zero-order valence-electron chi connectivity index (χ0n) is 4.73. The third-order valence-electron chi connectivity index (χ3n) is 0.983. The lowest BCUT2D eigenvalue weighted by molar-refractivity contribution is 0.0806. The van der Waals surface area contributed by atoms with Crippen molar-refractivity contribution in [3.8, 4) is 0 Å². The third-order valence-corrected chi connectivity index (χ3v) is 2.17. The van der Waals surface area contributed by atoms with E-state index in [4.69, 9.17) is 4.74 Å². The van der Waals surface area contributed by atoms with Gasteiger partial charge in [0.25, 0.3) is 0 Å². The lowest BCUT2D eigenvalue weighted by Gasteiger charge is -2.13. The van der Waals surface area contributed by atoms with Gasteiger partial charge < -0.3 is 4.74 Å². The molecule has 2 heteroatoms. The number of ether oxygens (including phenoxy) is 1. The molecule has 0 bridgehead atoms. The van der Waals surface area contributed by atoms with Crippen LogP contribution in [-0.4, -0.2) is 17.3 Å². The van der Waals surface area contributed by atoms with Gasteiger partial charge >= 0.3 is 0 Å². The Kier molecular flexibility index (Phi) is 1.30. The first kappa shape index (κ1) is 5.45. The van der Waals surface area contributed by atoms with E-state index >= 15 is 0 Å². The summed E-state index contributed by atoms with van der Waals surface area (Å²) in [5.74, 6) is 1.16. The van der Waals surface area contributed by atoms with Gasteiger partial charge in [0.15, 0.2) is 0 Å². The summed E-state index contributed by atoms with van der Waals surface area (Å²) in [6.45, 7) is 5.13. The number of hydrogen-bond donors (Lipinski definition) is 0. The van der Waals surface area contributed by atoms with Gasteiger partial charge in [-0.05, 0) is 13.8 Å². The van der Waals surface area contributed by atoms with Crippen LogP contribution in [0.5, 0.6) is 0 Å². The molecule has 7 heavy (non-hydrogen) atoms. The quantitative estimate of drug-likeness (QED) is 0.476. The molecule has 1 aliphatic heterocycles. The second kappa shape index (κ2) is 1.67. The van der Waals surface area contributed by atoms with E-state index in [-0.39, 0.29) is 4.93 Å². The molecule has 1 saturated heterocycles. The van der Waals surface area contributed by atoms with Gasteiger partial charge in [0.05, 0.1) is 6.61 Å². The van der Waals surface area contributed by atoms with E-state index in [0.29, 0.717) is 0 Å². The molecule has 0 aromatic carbocycles. The number of thioether (sulfide) groups is 1. The van der Waals surface area contributed by atoms with Crippen molar-refractivity contribution in [2.24, 2.45) is 0 Å². The zero-order chi connectivity index (χ0) is 5.33. The molecule has 0 aromatic heterocycles. The van der Waals surface area contributed by atoms with Crippen molar-refractivity contribution in [3.63, 3.8) is 0 Å². The van der Waals surface area contributed by atoms with E-state index in [1.165, 1.54) is 0 Å². The van der Waals surface area contributed by atoms with Crippen molar-refractivity contribution >= 4 is 11.8 Å². The average molecular weight is 118 g/mol. The van der Waals surface area contributed by atoms with Gasteiger partial charge in [-0.1, -0.05) is 0 Å². The van der Waals surface area contributed by atoms with Crippen molar-refractivity contribution in [3.05, 3.63) is 0 Å². The van der Waals surface area contributed by atoms with Gasteiger partial charge in [0.2, 0.25) is 0 Å². The lowest BCUT2D eigenvalue weighted by Crippen LogP contribution is -2.11. The Labute approximate surface area is 48.4 Å². The topological polar surface area (TPSA) is 9.23 Å². The largest absolute Gasteiger partial charge is 0.364 e. The van der Waals surface area contributed by atoms with Crippen LogP contribution in [-0.2, 0) is 4.74 Å². The third kappa shape index (κ3) is 1.35. The molecule has 0 N–H and O–H groups in total. The highest BCUT2D eigenvalue weighted by Gasteiger charge is 2.23. The van der Waals surface area contributed by atoms with Crippen molar-refractivity contribution in [1.82, 2.24) is 0 Å². The minimum absolute atomic E-state index is 0.111. The van der Waals surface area contributed by atoms with Gasteiger partial charge in [-0.25, -0.2) is 0 Å². The van der Waals surface area contributed by atoms with E-state index in [0.717, 1.165) is 12.4 Å². The second-order valence-corrected chi connectivity index (χ2v) is 3.78. The van der Waals surface area contributed by atoms with Crippen molar-refractivity contribution < 1.29 is 4.74 Å². The molecule has 1 fully saturated rings. The predicted molar refractivity (Wildman–Crippen MR) is 32.5 cm³/mol. The number of hydrogen-bond acceptors (Lipinski definition) is 2. The van der Waals surface area contributed by atoms with Crippen LogP contribution in [0, 0.1) is 0 Å². The molecule has 1 rings (SSSR count). The molecule has 1 aliphatic rings. The smallest absolute Gasteiger partial charge is 0.108 e. The van der Waals surface area contributed by atoms with Crippen LogP contribution in [0.1, 0.15) is 13.8 Å². The molecule has 0 spiro atoms. The Hall–Kier alpha value is 0.310. The van der Waals surface area contributed by atoms with Crippen LogP contribution in [0.2, 0.25) is 0 Å². The maximum absolute atomic E-state index is 5.30. The van der Waals surface area contributed by atoms with E-state index in [1.807, 2.05) is 11.8 Å². The summed E-state index contributed by atoms with van der Waals surface area (Å²) in [5.41, 5.74) is 0. The van der Waals surface area contributed by atoms with Gasteiger partial charge in [-0.3, -0.25) is 0 Å². The molecule has 1 nitrogen and oxygen atoms in total. The molecule has 0 saturated carbocycles. The first-order valence-corrected chi connectivity index (χ1v) is 3.47. The minimum Gasteiger partial charge on any atom is -0.364 e. The molecule has 0 atom stereocenters. The SMILES string of the molecule is CC1(C)OCCS1. The summed E-state index contributed by atoms with van der Waals surface area (Å²) in [4.78, 5) is 0.111. The van der Waals surface area contributed by atoms with Crippen molar-refractivity contribution in [1.29, 1.82) is 0 Å². The Bertz CT molecular complexity index is 62.5. The highest BCUT2D eigenvalue weighted by atomic mass is 32.2. The normalized spacial score (nSPS) is 28.3. The Morgan fingerprint density at radius 2 is 2.29 bits per heavy atom. The van der Waals surface area contributed by atoms with Crippen molar-refractivity contribution in [2.75, 3.05) is 12.4 Å². The molecule has 0 amide bonds. The molecule has 1 heterocycles. The van der Waals surface area contributed by atoms with Crippen LogP contribution in [0.25, 0.3) is 0 Å². The minimum atomic E-state index is 0.111. The predicted octanol–water partition coefficient (Wildman–Crippen LogP) is 1.49. The van der Waals surface area contributed by atoms with E-state index in [1.54, 1.807) is 0 Å². The van der Waals surface area contributed by atoms with Gasteiger partial charge in [-0.2, -0.15) is 0 Å². The fourth-order valence-electron chi connectivity index (χ4n) is 0.617. The summed E-state index contributed by atoms with van der Waals surface area (Å²) < 4.78 is 5.30. The van der Waals surface area contributed by atoms with Crippen LogP contribution >= 0.6 is 11.8 Å². The molecule has 0 aromatic rings. The molecular formula is C5H10OS. The first-order valence-electron chi connectivity index (χ1n) is 2.49. The Balaban J connectivity index is 2.40. The highest BCUT2D eigenvalue weighted by molar-refractivity contribution is 8.00. The Morgan fingerprint density at radius 3 is 2.43 bits per heavy atom. The molecule has 0 aliphatic carbocycles. The van der Waals surface area contributed by atoms with E-state index in [9.17, 15) is 0 Å².